The van der Waals surface area contributed by atoms with Crippen LogP contribution in [0.1, 0.15) is 29.6 Å². The van der Waals surface area contributed by atoms with Crippen molar-refractivity contribution in [2.24, 2.45) is 11.8 Å². The summed E-state index contributed by atoms with van der Waals surface area (Å²) in [5, 5.41) is 9.61. The van der Waals surface area contributed by atoms with Crippen LogP contribution in [0.25, 0.3) is 10.9 Å². The van der Waals surface area contributed by atoms with Crippen molar-refractivity contribution < 1.29 is 9.63 Å². The molecule has 0 amide bonds. The summed E-state index contributed by atoms with van der Waals surface area (Å²) in [5.41, 5.74) is 1.30. The summed E-state index contributed by atoms with van der Waals surface area (Å²) in [5.74, 6) is 1.14. The van der Waals surface area contributed by atoms with E-state index in [0.717, 1.165) is 24.0 Å². The maximum absolute atomic E-state index is 12.3. The van der Waals surface area contributed by atoms with Crippen LogP contribution in [-0.2, 0) is 4.84 Å². The standard InChI is InChI=1S/C15H17N3O2/c19-15(13-6-2-3-10-7-16-17-14(10)13)20-18-8-11-4-1-5-12(11)9-18/h2-3,6-7,11-12H,1,4-5,8-9H2,(H,16,17). The van der Waals surface area contributed by atoms with E-state index in [1.54, 1.807) is 12.3 Å². The monoisotopic (exact) mass is 271 g/mol. The Balaban J connectivity index is 1.52. The molecule has 1 saturated heterocycles. The predicted octanol–water partition coefficient (Wildman–Crippen LogP) is 2.37. The van der Waals surface area contributed by atoms with E-state index in [-0.39, 0.29) is 5.97 Å². The molecule has 5 heteroatoms. The Morgan fingerprint density at radius 3 is 2.90 bits per heavy atom. The predicted molar refractivity (Wildman–Crippen MR) is 73.9 cm³/mol. The van der Waals surface area contributed by atoms with Gasteiger partial charge in [0.15, 0.2) is 0 Å². The van der Waals surface area contributed by atoms with Gasteiger partial charge in [-0.15, -0.1) is 5.06 Å². The quantitative estimate of drug-likeness (QED) is 0.911. The average molecular weight is 271 g/mol. The first-order chi connectivity index (χ1) is 9.81. The van der Waals surface area contributed by atoms with Crippen molar-refractivity contribution in [2.75, 3.05) is 13.1 Å². The molecule has 0 spiro atoms. The topological polar surface area (TPSA) is 58.2 Å². The minimum atomic E-state index is -0.292. The molecule has 1 aliphatic heterocycles. The van der Waals surface area contributed by atoms with Crippen LogP contribution in [-0.4, -0.2) is 34.3 Å². The normalized spacial score (nSPS) is 26.0. The zero-order valence-corrected chi connectivity index (χ0v) is 11.2. The molecule has 5 nitrogen and oxygen atoms in total. The minimum Gasteiger partial charge on any atom is -0.364 e. The zero-order valence-electron chi connectivity index (χ0n) is 11.2. The van der Waals surface area contributed by atoms with Crippen molar-refractivity contribution in [1.82, 2.24) is 15.3 Å². The number of carbonyl (C=O) groups is 1. The molecule has 4 rings (SSSR count). The largest absolute Gasteiger partial charge is 0.364 e. The summed E-state index contributed by atoms with van der Waals surface area (Å²) in [7, 11) is 0. The summed E-state index contributed by atoms with van der Waals surface area (Å²) < 4.78 is 0. The van der Waals surface area contributed by atoms with Gasteiger partial charge in [-0.25, -0.2) is 4.79 Å². The third-order valence-electron chi connectivity index (χ3n) is 4.60. The van der Waals surface area contributed by atoms with Gasteiger partial charge in [0, 0.05) is 18.5 Å². The van der Waals surface area contributed by atoms with Gasteiger partial charge in [-0.2, -0.15) is 5.10 Å². The highest BCUT2D eigenvalue weighted by molar-refractivity contribution is 6.02. The van der Waals surface area contributed by atoms with Crippen molar-refractivity contribution in [2.45, 2.75) is 19.3 Å². The second-order valence-corrected chi connectivity index (χ2v) is 5.82. The van der Waals surface area contributed by atoms with Crippen LogP contribution in [0, 0.1) is 11.8 Å². The molecule has 2 aromatic rings. The first-order valence-corrected chi connectivity index (χ1v) is 7.20. The van der Waals surface area contributed by atoms with Crippen molar-refractivity contribution in [3.05, 3.63) is 30.0 Å². The molecule has 2 heterocycles. The van der Waals surface area contributed by atoms with E-state index in [1.807, 2.05) is 17.2 Å². The van der Waals surface area contributed by atoms with Gasteiger partial charge in [0.25, 0.3) is 0 Å². The first kappa shape index (κ1) is 11.9. The van der Waals surface area contributed by atoms with Gasteiger partial charge in [0.1, 0.15) is 0 Å². The number of carbonyl (C=O) groups excluding carboxylic acids is 1. The maximum atomic E-state index is 12.3. The number of aromatic nitrogens is 2. The van der Waals surface area contributed by atoms with Crippen LogP contribution >= 0.6 is 0 Å². The van der Waals surface area contributed by atoms with Gasteiger partial charge in [0.2, 0.25) is 0 Å². The smallest absolute Gasteiger partial charge is 0.359 e. The van der Waals surface area contributed by atoms with Crippen molar-refractivity contribution >= 4 is 16.9 Å². The Bertz CT molecular complexity index is 639. The Labute approximate surface area is 116 Å². The summed E-state index contributed by atoms with van der Waals surface area (Å²) in [6.07, 6.45) is 5.58. The molecular weight excluding hydrogens is 254 g/mol. The summed E-state index contributed by atoms with van der Waals surface area (Å²) in [6, 6.07) is 5.56. The number of rotatable bonds is 2. The number of nitrogens with zero attached hydrogens (tertiary/aromatic N) is 2. The second-order valence-electron chi connectivity index (χ2n) is 5.82. The van der Waals surface area contributed by atoms with E-state index in [1.165, 1.54) is 19.3 Å². The molecule has 104 valence electrons. The average Bonchev–Trinajstić information content (AvgIpc) is 3.11. The minimum absolute atomic E-state index is 0.292. The third-order valence-corrected chi connectivity index (χ3v) is 4.60. The Morgan fingerprint density at radius 2 is 2.10 bits per heavy atom. The lowest BCUT2D eigenvalue weighted by molar-refractivity contribution is -0.0977. The van der Waals surface area contributed by atoms with E-state index >= 15 is 0 Å². The van der Waals surface area contributed by atoms with E-state index in [2.05, 4.69) is 10.2 Å². The van der Waals surface area contributed by atoms with E-state index in [9.17, 15) is 4.79 Å². The van der Waals surface area contributed by atoms with Gasteiger partial charge < -0.3 is 4.84 Å². The highest BCUT2D eigenvalue weighted by Gasteiger charge is 2.38. The second kappa shape index (κ2) is 4.59. The fraction of sp³-hybridized carbons (Fsp3) is 0.467. The number of fused-ring (bicyclic) bond motifs is 2. The number of hydrogen-bond donors (Lipinski definition) is 1. The Kier molecular flexibility index (Phi) is 2.73. The van der Waals surface area contributed by atoms with Gasteiger partial charge in [-0.1, -0.05) is 18.6 Å². The number of nitrogens with one attached hydrogen (secondary N) is 1. The highest BCUT2D eigenvalue weighted by atomic mass is 16.7. The van der Waals surface area contributed by atoms with E-state index in [4.69, 9.17) is 4.84 Å². The fourth-order valence-corrected chi connectivity index (χ4v) is 3.57. The molecule has 20 heavy (non-hydrogen) atoms. The number of para-hydroxylation sites is 1. The first-order valence-electron chi connectivity index (χ1n) is 7.20. The van der Waals surface area contributed by atoms with Crippen LogP contribution in [0.4, 0.5) is 0 Å². The molecule has 2 fully saturated rings. The van der Waals surface area contributed by atoms with Crippen molar-refractivity contribution in [1.29, 1.82) is 0 Å². The van der Waals surface area contributed by atoms with Crippen LogP contribution in [0.15, 0.2) is 24.4 Å². The third kappa shape index (κ3) is 1.89. The van der Waals surface area contributed by atoms with Crippen LogP contribution in [0.2, 0.25) is 0 Å². The van der Waals surface area contributed by atoms with E-state index in [0.29, 0.717) is 17.4 Å². The molecule has 1 aromatic heterocycles. The molecule has 1 N–H and O–H groups in total. The van der Waals surface area contributed by atoms with Crippen molar-refractivity contribution in [3.63, 3.8) is 0 Å². The lowest BCUT2D eigenvalue weighted by Crippen LogP contribution is -2.26. The molecular formula is C15H17N3O2. The van der Waals surface area contributed by atoms with Gasteiger partial charge in [-0.05, 0) is 30.7 Å². The summed E-state index contributed by atoms with van der Waals surface area (Å²) in [6.45, 7) is 1.77. The van der Waals surface area contributed by atoms with Crippen LogP contribution in [0.3, 0.4) is 0 Å². The van der Waals surface area contributed by atoms with E-state index < -0.39 is 0 Å². The zero-order chi connectivity index (χ0) is 13.5. The lowest BCUT2D eigenvalue weighted by Gasteiger charge is -2.16. The molecule has 0 radical (unpaired) electrons. The van der Waals surface area contributed by atoms with Crippen LogP contribution in [0.5, 0.6) is 0 Å². The number of H-pyrrole nitrogens is 1. The Hall–Kier alpha value is -1.88. The molecule has 0 bridgehead atoms. The number of aromatic amines is 1. The van der Waals surface area contributed by atoms with Gasteiger partial charge in [0.05, 0.1) is 17.3 Å². The summed E-state index contributed by atoms with van der Waals surface area (Å²) >= 11 is 0. The molecule has 2 aliphatic rings. The summed E-state index contributed by atoms with van der Waals surface area (Å²) in [4.78, 5) is 17.9. The van der Waals surface area contributed by atoms with Gasteiger partial charge >= 0.3 is 5.97 Å². The molecule has 1 aliphatic carbocycles. The number of benzene rings is 1. The fourth-order valence-electron chi connectivity index (χ4n) is 3.57. The molecule has 1 saturated carbocycles. The molecule has 1 aromatic carbocycles. The SMILES string of the molecule is O=C(ON1CC2CCCC2C1)c1cccc2cn[nH]c12. The van der Waals surface area contributed by atoms with Gasteiger partial charge in [-0.3, -0.25) is 5.10 Å². The number of hydroxylamine groups is 2. The maximum Gasteiger partial charge on any atom is 0.359 e. The lowest BCUT2D eigenvalue weighted by atomic mass is 10.0. The van der Waals surface area contributed by atoms with Crippen molar-refractivity contribution in [3.8, 4) is 0 Å². The van der Waals surface area contributed by atoms with Crippen LogP contribution < -0.4 is 0 Å². The molecule has 2 atom stereocenters. The Morgan fingerprint density at radius 1 is 1.30 bits per heavy atom. The molecule has 2 unspecified atom stereocenters. The highest BCUT2D eigenvalue weighted by Crippen LogP contribution is 2.37. The number of hydrogen-bond acceptors (Lipinski definition) is 4.